The number of benzene rings is 3. The first-order valence-corrected chi connectivity index (χ1v) is 9.77. The van der Waals surface area contributed by atoms with Crippen molar-refractivity contribution in [2.24, 2.45) is 0 Å². The molecule has 1 aromatic heterocycles. The Kier molecular flexibility index (Phi) is 5.61. The van der Waals surface area contributed by atoms with Gasteiger partial charge in [0.05, 0.1) is 10.4 Å². The Balaban J connectivity index is 1.59. The number of hydrogen-bond acceptors (Lipinski definition) is 4. The lowest BCUT2D eigenvalue weighted by atomic mass is 9.87. The van der Waals surface area contributed by atoms with E-state index in [-0.39, 0.29) is 17.4 Å². The largest absolute Gasteiger partial charge is 0.294 e. The van der Waals surface area contributed by atoms with Crippen LogP contribution in [-0.4, -0.2) is 15.7 Å². The molecule has 1 unspecified atom stereocenters. The van der Waals surface area contributed by atoms with Gasteiger partial charge in [-0.25, -0.2) is 0 Å². The molecule has 0 aliphatic rings. The Morgan fingerprint density at radius 1 is 0.867 bits per heavy atom. The van der Waals surface area contributed by atoms with Crippen LogP contribution in [0.4, 0.5) is 5.69 Å². The molecule has 0 N–H and O–H groups in total. The fourth-order valence-electron chi connectivity index (χ4n) is 3.62. The molecule has 30 heavy (non-hydrogen) atoms. The molecule has 1 atom stereocenters. The smallest absolute Gasteiger partial charge is 0.269 e. The summed E-state index contributed by atoms with van der Waals surface area (Å²) in [7, 11) is 0. The molecule has 3 aromatic carbocycles. The normalized spacial score (nSPS) is 11.9. The number of nitrogens with zero attached hydrogens (tertiary/aromatic N) is 2. The maximum Gasteiger partial charge on any atom is 0.269 e. The van der Waals surface area contributed by atoms with Gasteiger partial charge >= 0.3 is 0 Å². The highest BCUT2D eigenvalue weighted by Gasteiger charge is 2.19. The first-order valence-electron chi connectivity index (χ1n) is 9.77. The average molecular weight is 396 g/mol. The summed E-state index contributed by atoms with van der Waals surface area (Å²) in [5, 5.41) is 11.9. The van der Waals surface area contributed by atoms with E-state index in [9.17, 15) is 14.9 Å². The molecule has 4 aromatic rings. The zero-order valence-electron chi connectivity index (χ0n) is 16.3. The lowest BCUT2D eigenvalue weighted by Gasteiger charge is -2.17. The van der Waals surface area contributed by atoms with Gasteiger partial charge in [0.2, 0.25) is 0 Å². The number of non-ortho nitro benzene ring substituents is 1. The Bertz CT molecular complexity index is 1190. The van der Waals surface area contributed by atoms with E-state index in [4.69, 9.17) is 4.98 Å². The van der Waals surface area contributed by atoms with Crippen molar-refractivity contribution in [3.05, 3.63) is 118 Å². The summed E-state index contributed by atoms with van der Waals surface area (Å²) in [6.07, 6.45) is 0.934. The zero-order chi connectivity index (χ0) is 20.9. The van der Waals surface area contributed by atoms with Crippen LogP contribution in [0.2, 0.25) is 0 Å². The van der Waals surface area contributed by atoms with Crippen LogP contribution in [0, 0.1) is 10.1 Å². The van der Waals surface area contributed by atoms with E-state index in [0.717, 1.165) is 22.2 Å². The van der Waals surface area contributed by atoms with Gasteiger partial charge in [-0.2, -0.15) is 0 Å². The van der Waals surface area contributed by atoms with Gasteiger partial charge in [0.1, 0.15) is 0 Å². The Morgan fingerprint density at radius 2 is 1.57 bits per heavy atom. The number of aromatic nitrogens is 1. The highest BCUT2D eigenvalue weighted by molar-refractivity contribution is 5.96. The van der Waals surface area contributed by atoms with Crippen molar-refractivity contribution in [1.29, 1.82) is 0 Å². The molecule has 0 aliphatic carbocycles. The predicted molar refractivity (Wildman–Crippen MR) is 117 cm³/mol. The zero-order valence-corrected chi connectivity index (χ0v) is 16.3. The van der Waals surface area contributed by atoms with Gasteiger partial charge in [-0.05, 0) is 42.2 Å². The van der Waals surface area contributed by atoms with Crippen LogP contribution in [0.5, 0.6) is 0 Å². The third-order valence-corrected chi connectivity index (χ3v) is 5.21. The molecular weight excluding hydrogens is 376 g/mol. The SMILES string of the molecule is O=C(CC(Cc1ccc2ccccc2n1)c1ccccc1)c1ccc([N+](=O)[O-])cc1. The third kappa shape index (κ3) is 4.41. The third-order valence-electron chi connectivity index (χ3n) is 5.21. The van der Waals surface area contributed by atoms with Crippen molar-refractivity contribution in [1.82, 2.24) is 4.98 Å². The first kappa shape index (κ1) is 19.5. The molecule has 0 saturated heterocycles. The highest BCUT2D eigenvalue weighted by Crippen LogP contribution is 2.27. The first-order chi connectivity index (χ1) is 14.6. The molecule has 4 rings (SSSR count). The molecule has 1 heterocycles. The van der Waals surface area contributed by atoms with Crippen molar-refractivity contribution in [3.8, 4) is 0 Å². The Morgan fingerprint density at radius 3 is 2.30 bits per heavy atom. The maximum absolute atomic E-state index is 12.9. The summed E-state index contributed by atoms with van der Waals surface area (Å²) < 4.78 is 0. The fourth-order valence-corrected chi connectivity index (χ4v) is 3.62. The van der Waals surface area contributed by atoms with Gasteiger partial charge in [0.25, 0.3) is 5.69 Å². The van der Waals surface area contributed by atoms with Crippen LogP contribution >= 0.6 is 0 Å². The standard InChI is InChI=1S/C25H20N2O3/c28-25(20-11-14-23(15-12-20)27(29)30)17-21(18-6-2-1-3-7-18)16-22-13-10-19-8-4-5-9-24(19)26-22/h1-15,21H,16-17H2. The van der Waals surface area contributed by atoms with E-state index in [1.165, 1.54) is 24.3 Å². The molecule has 0 amide bonds. The molecular formula is C25H20N2O3. The lowest BCUT2D eigenvalue weighted by Crippen LogP contribution is -2.11. The minimum atomic E-state index is -0.466. The molecule has 0 aliphatic heterocycles. The van der Waals surface area contributed by atoms with Crippen LogP contribution in [0.25, 0.3) is 10.9 Å². The second kappa shape index (κ2) is 8.66. The van der Waals surface area contributed by atoms with Gasteiger partial charge in [-0.15, -0.1) is 0 Å². The average Bonchev–Trinajstić information content (AvgIpc) is 2.79. The summed E-state index contributed by atoms with van der Waals surface area (Å²) >= 11 is 0. The number of pyridine rings is 1. The molecule has 0 spiro atoms. The summed E-state index contributed by atoms with van der Waals surface area (Å²) in [6.45, 7) is 0. The highest BCUT2D eigenvalue weighted by atomic mass is 16.6. The van der Waals surface area contributed by atoms with Crippen LogP contribution in [0.3, 0.4) is 0 Å². The van der Waals surface area contributed by atoms with Crippen molar-refractivity contribution in [3.63, 3.8) is 0 Å². The second-order valence-electron chi connectivity index (χ2n) is 7.24. The number of fused-ring (bicyclic) bond motifs is 1. The topological polar surface area (TPSA) is 73.1 Å². The molecule has 148 valence electrons. The molecule has 0 radical (unpaired) electrons. The number of carbonyl (C=O) groups is 1. The van der Waals surface area contributed by atoms with Crippen LogP contribution < -0.4 is 0 Å². The number of hydrogen-bond donors (Lipinski definition) is 0. The van der Waals surface area contributed by atoms with Crippen molar-refractivity contribution in [2.45, 2.75) is 18.8 Å². The van der Waals surface area contributed by atoms with Crippen LogP contribution in [0.1, 0.15) is 34.0 Å². The summed E-state index contributed by atoms with van der Waals surface area (Å²) in [6, 6.07) is 27.7. The molecule has 5 nitrogen and oxygen atoms in total. The summed E-state index contributed by atoms with van der Waals surface area (Å²) in [4.78, 5) is 28.1. The van der Waals surface area contributed by atoms with E-state index in [1.54, 1.807) is 0 Å². The van der Waals surface area contributed by atoms with E-state index in [0.29, 0.717) is 18.4 Å². The van der Waals surface area contributed by atoms with Gasteiger partial charge in [0, 0.05) is 35.2 Å². The lowest BCUT2D eigenvalue weighted by molar-refractivity contribution is -0.384. The second-order valence-corrected chi connectivity index (χ2v) is 7.24. The number of rotatable bonds is 7. The molecule has 0 bridgehead atoms. The molecule has 5 heteroatoms. The van der Waals surface area contributed by atoms with E-state index >= 15 is 0 Å². The van der Waals surface area contributed by atoms with Gasteiger partial charge in [-0.3, -0.25) is 19.9 Å². The van der Waals surface area contributed by atoms with E-state index in [1.807, 2.05) is 60.7 Å². The number of para-hydroxylation sites is 1. The Labute approximate surface area is 174 Å². The van der Waals surface area contributed by atoms with Gasteiger partial charge in [-0.1, -0.05) is 54.6 Å². The number of nitro groups is 1. The van der Waals surface area contributed by atoms with Crippen LogP contribution in [-0.2, 0) is 6.42 Å². The number of ketones is 1. The monoisotopic (exact) mass is 396 g/mol. The predicted octanol–water partition coefficient (Wildman–Crippen LogP) is 5.74. The quantitative estimate of drug-likeness (QED) is 0.227. The Hall–Kier alpha value is -3.86. The van der Waals surface area contributed by atoms with Crippen LogP contribution in [0.15, 0.2) is 91.0 Å². The molecule has 0 fully saturated rings. The maximum atomic E-state index is 12.9. The van der Waals surface area contributed by atoms with E-state index < -0.39 is 4.92 Å². The summed E-state index contributed by atoms with van der Waals surface area (Å²) in [5.74, 6) is -0.0814. The summed E-state index contributed by atoms with van der Waals surface area (Å²) in [5.41, 5.74) is 3.39. The van der Waals surface area contributed by atoms with Crippen molar-refractivity contribution < 1.29 is 9.72 Å². The van der Waals surface area contributed by atoms with Gasteiger partial charge in [0.15, 0.2) is 5.78 Å². The van der Waals surface area contributed by atoms with E-state index in [2.05, 4.69) is 6.07 Å². The number of nitro benzene ring substituents is 1. The minimum absolute atomic E-state index is 0.0217. The van der Waals surface area contributed by atoms with Crippen molar-refractivity contribution in [2.75, 3.05) is 0 Å². The molecule has 0 saturated carbocycles. The van der Waals surface area contributed by atoms with Gasteiger partial charge < -0.3 is 0 Å². The minimum Gasteiger partial charge on any atom is -0.294 e. The number of carbonyl (C=O) groups excluding carboxylic acids is 1. The van der Waals surface area contributed by atoms with Crippen molar-refractivity contribution >= 4 is 22.4 Å². The number of Topliss-reactive ketones (excluding diaryl/α,β-unsaturated/α-hetero) is 1. The fraction of sp³-hybridized carbons (Fsp3) is 0.120.